The summed E-state index contributed by atoms with van der Waals surface area (Å²) in [5.41, 5.74) is 5.73. The molecule has 1 aromatic carbocycles. The second-order valence-corrected chi connectivity index (χ2v) is 6.10. The van der Waals surface area contributed by atoms with Gasteiger partial charge in [0.2, 0.25) is 12.7 Å². The molecular weight excluding hydrogens is 356 g/mol. The highest BCUT2D eigenvalue weighted by molar-refractivity contribution is 5.94. The predicted molar refractivity (Wildman–Crippen MR) is 95.8 cm³/mol. The minimum Gasteiger partial charge on any atom is -0.454 e. The van der Waals surface area contributed by atoms with Gasteiger partial charge in [0.15, 0.2) is 22.7 Å². The second kappa shape index (κ2) is 5.90. The average Bonchev–Trinajstić information content (AvgIpc) is 3.23. The van der Waals surface area contributed by atoms with Gasteiger partial charge in [-0.1, -0.05) is 0 Å². The number of imidazole rings is 1. The lowest BCUT2D eigenvalue weighted by molar-refractivity contribution is -0.116. The lowest BCUT2D eigenvalue weighted by Gasteiger charge is -2.11. The van der Waals surface area contributed by atoms with E-state index in [1.807, 2.05) is 0 Å². The minimum absolute atomic E-state index is 0.0717. The summed E-state index contributed by atoms with van der Waals surface area (Å²) < 4.78 is 14.0. The largest absolute Gasteiger partial charge is 0.454 e. The monoisotopic (exact) mass is 372 g/mol. The summed E-state index contributed by atoms with van der Waals surface area (Å²) in [4.78, 5) is 41.6. The molecule has 27 heavy (non-hydrogen) atoms. The van der Waals surface area contributed by atoms with E-state index >= 15 is 0 Å². The van der Waals surface area contributed by atoms with Crippen LogP contribution in [0.15, 0.2) is 28.0 Å². The molecule has 0 saturated carbocycles. The molecule has 0 bridgehead atoms. The number of rotatable bonds is 3. The Morgan fingerprint density at radius 3 is 2.70 bits per heavy atom. The van der Waals surface area contributed by atoms with Crippen molar-refractivity contribution in [1.29, 1.82) is 0 Å². The molecule has 0 atom stereocenters. The minimum atomic E-state index is -0.639. The fourth-order valence-electron chi connectivity index (χ4n) is 2.93. The van der Waals surface area contributed by atoms with Crippen molar-refractivity contribution in [2.75, 3.05) is 17.8 Å². The Hall–Kier alpha value is -3.76. The van der Waals surface area contributed by atoms with E-state index in [4.69, 9.17) is 15.2 Å². The van der Waals surface area contributed by atoms with Crippen LogP contribution in [0.2, 0.25) is 0 Å². The smallest absolute Gasteiger partial charge is 0.332 e. The summed E-state index contributed by atoms with van der Waals surface area (Å²) in [7, 11) is 3.13. The van der Waals surface area contributed by atoms with E-state index in [0.717, 1.165) is 4.57 Å². The normalized spacial score (nSPS) is 12.5. The van der Waals surface area contributed by atoms with Crippen molar-refractivity contribution in [3.8, 4) is 11.5 Å². The van der Waals surface area contributed by atoms with Gasteiger partial charge in [0.1, 0.15) is 6.54 Å². The number of aromatic nitrogens is 4. The van der Waals surface area contributed by atoms with Crippen LogP contribution in [0.4, 0.5) is 11.4 Å². The number of aryl methyl sites for hydroxylation is 2. The Labute approximate surface area is 151 Å². The number of nitrogen functional groups attached to an aromatic ring is 1. The zero-order valence-electron chi connectivity index (χ0n) is 14.6. The van der Waals surface area contributed by atoms with Gasteiger partial charge in [-0.15, -0.1) is 0 Å². The van der Waals surface area contributed by atoms with Crippen LogP contribution in [-0.2, 0) is 25.4 Å². The molecule has 1 aliphatic heterocycles. The maximum absolute atomic E-state index is 12.6. The molecule has 3 aromatic rings. The van der Waals surface area contributed by atoms with Gasteiger partial charge in [0.25, 0.3) is 5.56 Å². The number of hydrogen-bond donors (Lipinski definition) is 2. The Morgan fingerprint density at radius 1 is 1.26 bits per heavy atom. The molecule has 0 saturated heterocycles. The first-order chi connectivity index (χ1) is 12.9. The first-order valence-corrected chi connectivity index (χ1v) is 7.96. The third kappa shape index (κ3) is 2.60. The molecule has 140 valence electrons. The first-order valence-electron chi connectivity index (χ1n) is 7.96. The van der Waals surface area contributed by atoms with E-state index in [-0.39, 0.29) is 23.6 Å². The summed E-state index contributed by atoms with van der Waals surface area (Å²) in [6.45, 7) is -0.400. The molecule has 0 radical (unpaired) electrons. The number of amides is 1. The second-order valence-electron chi connectivity index (χ2n) is 6.10. The number of nitrogens with two attached hydrogens (primary N) is 1. The van der Waals surface area contributed by atoms with Crippen molar-refractivity contribution < 1.29 is 14.3 Å². The van der Waals surface area contributed by atoms with E-state index in [1.165, 1.54) is 34.6 Å². The van der Waals surface area contributed by atoms with Crippen molar-refractivity contribution in [2.45, 2.75) is 6.54 Å². The van der Waals surface area contributed by atoms with Crippen molar-refractivity contribution in [1.82, 2.24) is 18.7 Å². The molecule has 0 fully saturated rings. The predicted octanol–water partition coefficient (Wildman–Crippen LogP) is -0.617. The van der Waals surface area contributed by atoms with Crippen LogP contribution >= 0.6 is 0 Å². The molecule has 11 heteroatoms. The lowest BCUT2D eigenvalue weighted by atomic mass is 10.2. The summed E-state index contributed by atoms with van der Waals surface area (Å²) in [6, 6.07) is 3.06. The first kappa shape index (κ1) is 16.7. The number of ether oxygens (including phenoxy) is 2. The van der Waals surface area contributed by atoms with Crippen molar-refractivity contribution in [2.24, 2.45) is 14.1 Å². The Morgan fingerprint density at radius 2 is 1.96 bits per heavy atom. The number of hydrogen-bond acceptors (Lipinski definition) is 7. The van der Waals surface area contributed by atoms with Gasteiger partial charge >= 0.3 is 5.69 Å². The molecule has 4 rings (SSSR count). The molecule has 1 aliphatic rings. The van der Waals surface area contributed by atoms with Crippen LogP contribution in [0.3, 0.4) is 0 Å². The molecule has 0 unspecified atom stereocenters. The van der Waals surface area contributed by atoms with Gasteiger partial charge in [-0.2, -0.15) is 0 Å². The molecular formula is C16H16N6O5. The fraction of sp³-hybridized carbons (Fsp3) is 0.250. The topological polar surface area (TPSA) is 135 Å². The number of fused-ring (bicyclic) bond motifs is 2. The molecule has 3 heterocycles. The van der Waals surface area contributed by atoms with E-state index < -0.39 is 23.7 Å². The Bertz CT molecular complexity index is 1200. The standard InChI is InChI=1S/C16H16N6O5/c1-20-6-18-14-13(20)15(24)22(16(25)21(14)2)5-12(23)19-9-4-11-10(3-8(9)17)26-7-27-11/h3-4,6H,5,7,17H2,1-2H3,(H,19,23). The van der Waals surface area contributed by atoms with Gasteiger partial charge in [-0.05, 0) is 0 Å². The van der Waals surface area contributed by atoms with Gasteiger partial charge in [0.05, 0.1) is 17.7 Å². The summed E-state index contributed by atoms with van der Waals surface area (Å²) >= 11 is 0. The molecule has 0 spiro atoms. The van der Waals surface area contributed by atoms with E-state index in [1.54, 1.807) is 7.05 Å². The molecule has 3 N–H and O–H groups in total. The molecule has 0 aliphatic carbocycles. The number of nitrogens with zero attached hydrogens (tertiary/aromatic N) is 4. The zero-order valence-corrected chi connectivity index (χ0v) is 14.6. The third-order valence-electron chi connectivity index (χ3n) is 4.32. The summed E-state index contributed by atoms with van der Waals surface area (Å²) in [5.74, 6) is 0.349. The third-order valence-corrected chi connectivity index (χ3v) is 4.32. The maximum Gasteiger partial charge on any atom is 0.332 e. The van der Waals surface area contributed by atoms with Crippen LogP contribution in [0.25, 0.3) is 11.2 Å². The summed E-state index contributed by atoms with van der Waals surface area (Å²) in [5, 5.41) is 2.59. The number of carbonyl (C=O) groups excluding carboxylic acids is 1. The van der Waals surface area contributed by atoms with Crippen LogP contribution in [-0.4, -0.2) is 31.4 Å². The van der Waals surface area contributed by atoms with Gasteiger partial charge in [-0.25, -0.2) is 14.3 Å². The zero-order chi connectivity index (χ0) is 19.3. The van der Waals surface area contributed by atoms with Gasteiger partial charge in [-0.3, -0.25) is 14.2 Å². The molecule has 11 nitrogen and oxygen atoms in total. The molecule has 1 amide bonds. The van der Waals surface area contributed by atoms with E-state index in [9.17, 15) is 14.4 Å². The van der Waals surface area contributed by atoms with Crippen molar-refractivity contribution >= 4 is 28.4 Å². The van der Waals surface area contributed by atoms with Gasteiger partial charge in [0, 0.05) is 26.2 Å². The highest BCUT2D eigenvalue weighted by Gasteiger charge is 2.20. The fourth-order valence-corrected chi connectivity index (χ4v) is 2.93. The van der Waals surface area contributed by atoms with Crippen LogP contribution < -0.4 is 31.8 Å². The number of anilines is 2. The molecule has 2 aromatic heterocycles. The SMILES string of the molecule is Cn1cnc2c1c(=O)n(CC(=O)Nc1cc3c(cc1N)OCO3)c(=O)n2C. The number of benzene rings is 1. The highest BCUT2D eigenvalue weighted by Crippen LogP contribution is 2.38. The summed E-state index contributed by atoms with van der Waals surface area (Å²) in [6.07, 6.45) is 1.43. The van der Waals surface area contributed by atoms with Crippen molar-refractivity contribution in [3.63, 3.8) is 0 Å². The van der Waals surface area contributed by atoms with Crippen LogP contribution in [0, 0.1) is 0 Å². The van der Waals surface area contributed by atoms with E-state index in [0.29, 0.717) is 17.2 Å². The quantitative estimate of drug-likeness (QED) is 0.585. The van der Waals surface area contributed by atoms with E-state index in [2.05, 4.69) is 10.3 Å². The highest BCUT2D eigenvalue weighted by atomic mass is 16.7. The van der Waals surface area contributed by atoms with Gasteiger partial charge < -0.3 is 25.1 Å². The average molecular weight is 372 g/mol. The van der Waals surface area contributed by atoms with Crippen LogP contribution in [0.5, 0.6) is 11.5 Å². The number of carbonyl (C=O) groups is 1. The maximum atomic E-state index is 12.6. The lowest BCUT2D eigenvalue weighted by Crippen LogP contribution is -2.42. The number of nitrogens with one attached hydrogen (secondary N) is 1. The Balaban J connectivity index is 1.67. The van der Waals surface area contributed by atoms with Crippen molar-refractivity contribution in [3.05, 3.63) is 39.3 Å². The Kier molecular flexibility index (Phi) is 3.65. The van der Waals surface area contributed by atoms with Crippen LogP contribution in [0.1, 0.15) is 0 Å².